The highest BCUT2D eigenvalue weighted by atomic mass is 32.2. The highest BCUT2D eigenvalue weighted by Crippen LogP contribution is 2.22. The molecule has 0 aliphatic carbocycles. The quantitative estimate of drug-likeness (QED) is 0.555. The van der Waals surface area contributed by atoms with Crippen LogP contribution < -0.4 is 0 Å². The lowest BCUT2D eigenvalue weighted by Gasteiger charge is -2.25. The monoisotopic (exact) mass is 191 g/mol. The van der Waals surface area contributed by atoms with Gasteiger partial charge in [0, 0.05) is 13.1 Å². The van der Waals surface area contributed by atoms with Crippen molar-refractivity contribution in [1.82, 2.24) is 4.90 Å². The molecule has 0 amide bonds. The summed E-state index contributed by atoms with van der Waals surface area (Å²) in [6.45, 7) is 5.55. The van der Waals surface area contributed by atoms with Crippen LogP contribution in [0.5, 0.6) is 0 Å². The minimum absolute atomic E-state index is 0.0932. The fourth-order valence-corrected chi connectivity index (χ4v) is 3.83. The maximum atomic E-state index is 11.4. The van der Waals surface area contributed by atoms with Gasteiger partial charge in [0.05, 0.1) is 11.5 Å². The van der Waals surface area contributed by atoms with Crippen LogP contribution in [0.1, 0.15) is 13.8 Å². The lowest BCUT2D eigenvalue weighted by Crippen LogP contribution is -2.31. The first-order valence-electron chi connectivity index (χ1n) is 4.20. The van der Waals surface area contributed by atoms with Crippen molar-refractivity contribution in [3.05, 3.63) is 0 Å². The normalized spacial score (nSPS) is 29.6. The van der Waals surface area contributed by atoms with E-state index >= 15 is 0 Å². The first-order valence-corrected chi connectivity index (χ1v) is 6.02. The molecule has 72 valence electrons. The third-order valence-electron chi connectivity index (χ3n) is 2.09. The molecule has 0 radical (unpaired) electrons. The maximum Gasteiger partial charge on any atom is 0.152 e. The number of hydrogen-bond acceptors (Lipinski definition) is 3. The molecule has 1 fully saturated rings. The minimum Gasteiger partial charge on any atom is -0.305 e. The summed E-state index contributed by atoms with van der Waals surface area (Å²) in [6.07, 6.45) is 0. The highest BCUT2D eigenvalue weighted by Gasteiger charge is 2.30. The summed E-state index contributed by atoms with van der Waals surface area (Å²) in [5.41, 5.74) is -0.0932. The van der Waals surface area contributed by atoms with Gasteiger partial charge in [-0.2, -0.15) is 0 Å². The van der Waals surface area contributed by atoms with Gasteiger partial charge >= 0.3 is 0 Å². The Kier molecular flexibility index (Phi) is 2.50. The van der Waals surface area contributed by atoms with Gasteiger partial charge in [0.1, 0.15) is 0 Å². The van der Waals surface area contributed by atoms with E-state index in [0.29, 0.717) is 18.1 Å². The molecule has 0 aromatic rings. The van der Waals surface area contributed by atoms with E-state index in [1.165, 1.54) is 0 Å². The molecule has 0 N–H and O–H groups in total. The smallest absolute Gasteiger partial charge is 0.152 e. The Morgan fingerprint density at radius 2 is 1.92 bits per heavy atom. The highest BCUT2D eigenvalue weighted by molar-refractivity contribution is 7.91. The summed E-state index contributed by atoms with van der Waals surface area (Å²) in [5.74, 6) is 0.636. The Bertz CT molecular complexity index is 256. The van der Waals surface area contributed by atoms with E-state index in [4.69, 9.17) is 0 Å². The molecule has 1 saturated heterocycles. The summed E-state index contributed by atoms with van der Waals surface area (Å²) in [5, 5.41) is 0. The largest absolute Gasteiger partial charge is 0.305 e. The molecule has 1 rings (SSSR count). The van der Waals surface area contributed by atoms with E-state index in [-0.39, 0.29) is 5.41 Å². The Labute approximate surface area is 74.7 Å². The van der Waals surface area contributed by atoms with Crippen molar-refractivity contribution < 1.29 is 8.42 Å². The Morgan fingerprint density at radius 3 is 2.50 bits per heavy atom. The summed E-state index contributed by atoms with van der Waals surface area (Å²) in [4.78, 5) is 2.09. The van der Waals surface area contributed by atoms with Gasteiger partial charge in [-0.05, 0) is 12.5 Å². The van der Waals surface area contributed by atoms with Crippen molar-refractivity contribution in [2.75, 3.05) is 31.6 Å². The molecule has 0 atom stereocenters. The average Bonchev–Trinajstić information content (AvgIpc) is 1.86. The van der Waals surface area contributed by atoms with Crippen molar-refractivity contribution in [2.45, 2.75) is 13.8 Å². The van der Waals surface area contributed by atoms with Crippen molar-refractivity contribution >= 4 is 9.84 Å². The second-order valence-electron chi connectivity index (χ2n) is 4.49. The summed E-state index contributed by atoms with van der Waals surface area (Å²) < 4.78 is 22.8. The lowest BCUT2D eigenvalue weighted by atomic mass is 9.96. The molecule has 12 heavy (non-hydrogen) atoms. The van der Waals surface area contributed by atoms with Crippen LogP contribution in [0, 0.1) is 5.41 Å². The number of hydrogen-bond donors (Lipinski definition) is 0. The van der Waals surface area contributed by atoms with E-state index in [2.05, 4.69) is 4.90 Å². The molecule has 1 heterocycles. The topological polar surface area (TPSA) is 37.4 Å². The summed E-state index contributed by atoms with van der Waals surface area (Å²) >= 11 is 0. The Morgan fingerprint density at radius 1 is 1.33 bits per heavy atom. The second kappa shape index (κ2) is 3.00. The van der Waals surface area contributed by atoms with Gasteiger partial charge in [0.2, 0.25) is 0 Å². The molecular weight excluding hydrogens is 174 g/mol. The number of sulfone groups is 1. The van der Waals surface area contributed by atoms with E-state index < -0.39 is 9.84 Å². The number of rotatable bonds is 0. The molecule has 1 aliphatic heterocycles. The summed E-state index contributed by atoms with van der Waals surface area (Å²) in [6, 6.07) is 0. The fraction of sp³-hybridized carbons (Fsp3) is 1.00. The molecule has 0 saturated carbocycles. The molecule has 0 bridgehead atoms. The number of nitrogens with zero attached hydrogens (tertiary/aromatic N) is 1. The van der Waals surface area contributed by atoms with Crippen molar-refractivity contribution in [2.24, 2.45) is 5.41 Å². The predicted octanol–water partition coefficient (Wildman–Crippen LogP) is 0.373. The van der Waals surface area contributed by atoms with Gasteiger partial charge in [-0.25, -0.2) is 8.42 Å². The molecular formula is C8H17NO2S. The van der Waals surface area contributed by atoms with Crippen LogP contribution in [-0.2, 0) is 9.84 Å². The van der Waals surface area contributed by atoms with Crippen LogP contribution in [0.15, 0.2) is 0 Å². The van der Waals surface area contributed by atoms with E-state index in [1.54, 1.807) is 0 Å². The predicted molar refractivity (Wildman–Crippen MR) is 49.9 cm³/mol. The van der Waals surface area contributed by atoms with Gasteiger partial charge in [-0.1, -0.05) is 13.8 Å². The fourth-order valence-electron chi connectivity index (χ4n) is 1.82. The third kappa shape index (κ3) is 2.75. The zero-order chi connectivity index (χ0) is 9.41. The van der Waals surface area contributed by atoms with Crippen molar-refractivity contribution in [3.63, 3.8) is 0 Å². The third-order valence-corrected chi connectivity index (χ3v) is 4.12. The van der Waals surface area contributed by atoms with Crippen molar-refractivity contribution in [1.29, 1.82) is 0 Å². The van der Waals surface area contributed by atoms with Gasteiger partial charge in [0.15, 0.2) is 9.84 Å². The van der Waals surface area contributed by atoms with Gasteiger partial charge < -0.3 is 4.90 Å². The van der Waals surface area contributed by atoms with Crippen molar-refractivity contribution in [3.8, 4) is 0 Å². The second-order valence-corrected chi connectivity index (χ2v) is 6.68. The molecule has 0 aromatic heterocycles. The Balaban J connectivity index is 2.84. The average molecular weight is 191 g/mol. The van der Waals surface area contributed by atoms with Gasteiger partial charge in [-0.3, -0.25) is 0 Å². The zero-order valence-electron chi connectivity index (χ0n) is 8.00. The molecule has 0 aromatic carbocycles. The van der Waals surface area contributed by atoms with Gasteiger partial charge in [0.25, 0.3) is 0 Å². The summed E-state index contributed by atoms with van der Waals surface area (Å²) in [7, 11) is -0.827. The van der Waals surface area contributed by atoms with Crippen LogP contribution in [0.2, 0.25) is 0 Å². The standard InChI is InChI=1S/C8H17NO2S/c1-8(2)6-9(3)4-5-12(10,11)7-8/h4-7H2,1-3H3. The molecule has 4 heteroatoms. The zero-order valence-corrected chi connectivity index (χ0v) is 8.82. The van der Waals surface area contributed by atoms with E-state index in [0.717, 1.165) is 6.54 Å². The van der Waals surface area contributed by atoms with Crippen LogP contribution in [-0.4, -0.2) is 45.0 Å². The van der Waals surface area contributed by atoms with Crippen LogP contribution in [0.4, 0.5) is 0 Å². The van der Waals surface area contributed by atoms with E-state index in [1.807, 2.05) is 20.9 Å². The molecule has 3 nitrogen and oxygen atoms in total. The van der Waals surface area contributed by atoms with Crippen LogP contribution >= 0.6 is 0 Å². The first kappa shape index (κ1) is 9.99. The lowest BCUT2D eigenvalue weighted by molar-refractivity contribution is 0.247. The van der Waals surface area contributed by atoms with Crippen LogP contribution in [0.3, 0.4) is 0 Å². The van der Waals surface area contributed by atoms with E-state index in [9.17, 15) is 8.42 Å². The molecule has 0 spiro atoms. The maximum absolute atomic E-state index is 11.4. The Hall–Kier alpha value is -0.0900. The molecule has 0 unspecified atom stereocenters. The molecule has 1 aliphatic rings. The first-order chi connectivity index (χ1) is 5.31. The van der Waals surface area contributed by atoms with Gasteiger partial charge in [-0.15, -0.1) is 0 Å². The van der Waals surface area contributed by atoms with Crippen LogP contribution in [0.25, 0.3) is 0 Å². The SMILES string of the molecule is CN1CCS(=O)(=O)CC(C)(C)C1. The minimum atomic E-state index is -2.80.